The van der Waals surface area contributed by atoms with Crippen molar-refractivity contribution in [3.05, 3.63) is 22.7 Å². The number of esters is 1. The molecule has 0 bridgehead atoms. The zero-order chi connectivity index (χ0) is 16.0. The molecule has 2 N–H and O–H groups in total. The number of benzene rings is 1. The van der Waals surface area contributed by atoms with Crippen LogP contribution in [0.25, 0.3) is 0 Å². The summed E-state index contributed by atoms with van der Waals surface area (Å²) in [5.74, 6) is -0.530. The predicted octanol–water partition coefficient (Wildman–Crippen LogP) is 2.01. The van der Waals surface area contributed by atoms with Crippen molar-refractivity contribution in [1.29, 1.82) is 0 Å². The third-order valence-electron chi connectivity index (χ3n) is 4.09. The molecule has 0 aromatic heterocycles. The van der Waals surface area contributed by atoms with Gasteiger partial charge in [-0.15, -0.1) is 0 Å². The van der Waals surface area contributed by atoms with Crippen LogP contribution >= 0.6 is 11.6 Å². The van der Waals surface area contributed by atoms with Gasteiger partial charge >= 0.3 is 13.1 Å². The molecule has 114 valence electrons. The molecule has 5 nitrogen and oxygen atoms in total. The molecule has 0 unspecified atom stereocenters. The summed E-state index contributed by atoms with van der Waals surface area (Å²) in [6.07, 6.45) is 0. The number of hydrogen-bond donors (Lipinski definition) is 1. The number of nitrogen functional groups attached to an aromatic ring is 1. The van der Waals surface area contributed by atoms with Crippen LogP contribution in [0.1, 0.15) is 38.1 Å². The monoisotopic (exact) mass is 311 g/mol. The number of carbonyl (C=O) groups excluding carboxylic acids is 1. The summed E-state index contributed by atoms with van der Waals surface area (Å²) >= 11 is 6.03. The van der Waals surface area contributed by atoms with E-state index in [1.807, 2.05) is 27.7 Å². The molecule has 1 aliphatic rings. The van der Waals surface area contributed by atoms with E-state index in [1.54, 1.807) is 6.07 Å². The Hall–Kier alpha value is -1.24. The van der Waals surface area contributed by atoms with E-state index in [1.165, 1.54) is 13.2 Å². The van der Waals surface area contributed by atoms with E-state index in [0.717, 1.165) is 0 Å². The molecule has 1 aliphatic heterocycles. The minimum absolute atomic E-state index is 0.234. The average molecular weight is 312 g/mol. The molecule has 1 fully saturated rings. The lowest BCUT2D eigenvalue weighted by atomic mass is 9.77. The number of nitrogens with two attached hydrogens (primary N) is 1. The Balaban J connectivity index is 2.44. The zero-order valence-corrected chi connectivity index (χ0v) is 13.6. The molecule has 1 heterocycles. The fraction of sp³-hybridized carbons (Fsp3) is 0.500. The summed E-state index contributed by atoms with van der Waals surface area (Å²) in [6.45, 7) is 7.78. The second-order valence-corrected chi connectivity index (χ2v) is 6.45. The van der Waals surface area contributed by atoms with Crippen LogP contribution in [0.15, 0.2) is 12.1 Å². The van der Waals surface area contributed by atoms with Crippen LogP contribution in [0.2, 0.25) is 5.02 Å². The average Bonchev–Trinajstić information content (AvgIpc) is 2.57. The van der Waals surface area contributed by atoms with E-state index in [0.29, 0.717) is 11.2 Å². The standard InChI is InChI=1S/C14H19BClNO4/c1-13(2)14(3,4)21-15(20-13)9-6-8(12(18)19-5)10(16)7-11(9)17/h6-7H,17H2,1-5H3. The normalized spacial score (nSPS) is 19.6. The topological polar surface area (TPSA) is 70.8 Å². The lowest BCUT2D eigenvalue weighted by Crippen LogP contribution is -2.41. The second-order valence-electron chi connectivity index (χ2n) is 6.04. The van der Waals surface area contributed by atoms with Crippen LogP contribution in [0.5, 0.6) is 0 Å². The highest BCUT2D eigenvalue weighted by Gasteiger charge is 2.52. The minimum Gasteiger partial charge on any atom is -0.465 e. The highest BCUT2D eigenvalue weighted by Crippen LogP contribution is 2.37. The maximum atomic E-state index is 11.7. The van der Waals surface area contributed by atoms with Crippen molar-refractivity contribution >= 4 is 35.8 Å². The van der Waals surface area contributed by atoms with Crippen LogP contribution in [-0.4, -0.2) is 31.4 Å². The van der Waals surface area contributed by atoms with Gasteiger partial charge in [0.05, 0.1) is 28.9 Å². The summed E-state index contributed by atoms with van der Waals surface area (Å²) < 4.78 is 16.6. The highest BCUT2D eigenvalue weighted by molar-refractivity contribution is 6.64. The van der Waals surface area contributed by atoms with Gasteiger partial charge in [0.15, 0.2) is 0 Å². The first-order chi connectivity index (χ1) is 9.59. The van der Waals surface area contributed by atoms with Gasteiger partial charge in [-0.2, -0.15) is 0 Å². The number of hydrogen-bond acceptors (Lipinski definition) is 5. The molecular weight excluding hydrogens is 292 g/mol. The first-order valence-electron chi connectivity index (χ1n) is 6.62. The van der Waals surface area contributed by atoms with Crippen LogP contribution in [0, 0.1) is 0 Å². The van der Waals surface area contributed by atoms with Gasteiger partial charge in [0.25, 0.3) is 0 Å². The number of carbonyl (C=O) groups is 1. The van der Waals surface area contributed by atoms with E-state index in [-0.39, 0.29) is 10.6 Å². The Morgan fingerprint density at radius 1 is 1.24 bits per heavy atom. The lowest BCUT2D eigenvalue weighted by molar-refractivity contribution is 0.00578. The summed E-state index contributed by atoms with van der Waals surface area (Å²) in [6, 6.07) is 3.07. The Morgan fingerprint density at radius 3 is 2.24 bits per heavy atom. The van der Waals surface area contributed by atoms with E-state index in [4.69, 9.17) is 31.4 Å². The number of ether oxygens (including phenoxy) is 1. The lowest BCUT2D eigenvalue weighted by Gasteiger charge is -2.32. The Labute approximate surface area is 129 Å². The van der Waals surface area contributed by atoms with Crippen molar-refractivity contribution in [1.82, 2.24) is 0 Å². The molecule has 7 heteroatoms. The summed E-state index contributed by atoms with van der Waals surface area (Å²) in [5.41, 5.74) is 6.22. The second kappa shape index (κ2) is 5.19. The molecule has 1 aromatic carbocycles. The SMILES string of the molecule is COC(=O)c1cc(B2OC(C)(C)C(C)(C)O2)c(N)cc1Cl. The van der Waals surface area contributed by atoms with Crippen molar-refractivity contribution in [2.45, 2.75) is 38.9 Å². The van der Waals surface area contributed by atoms with Gasteiger partial charge in [0, 0.05) is 11.2 Å². The van der Waals surface area contributed by atoms with Gasteiger partial charge < -0.3 is 19.8 Å². The van der Waals surface area contributed by atoms with Crippen molar-refractivity contribution in [3.63, 3.8) is 0 Å². The van der Waals surface area contributed by atoms with Crippen LogP contribution in [0.4, 0.5) is 5.69 Å². The van der Waals surface area contributed by atoms with Crippen molar-refractivity contribution in [2.75, 3.05) is 12.8 Å². The Bertz CT molecular complexity index is 573. The van der Waals surface area contributed by atoms with Crippen molar-refractivity contribution in [3.8, 4) is 0 Å². The van der Waals surface area contributed by atoms with E-state index in [2.05, 4.69) is 0 Å². The van der Waals surface area contributed by atoms with Gasteiger partial charge in [-0.25, -0.2) is 4.79 Å². The third kappa shape index (κ3) is 2.75. The van der Waals surface area contributed by atoms with Gasteiger partial charge in [-0.05, 0) is 39.8 Å². The molecule has 0 spiro atoms. The number of rotatable bonds is 2. The van der Waals surface area contributed by atoms with E-state index >= 15 is 0 Å². The van der Waals surface area contributed by atoms with Crippen molar-refractivity contribution < 1.29 is 18.8 Å². The molecule has 1 saturated heterocycles. The fourth-order valence-corrected chi connectivity index (χ4v) is 2.30. The van der Waals surface area contributed by atoms with Crippen LogP contribution in [-0.2, 0) is 14.0 Å². The van der Waals surface area contributed by atoms with Gasteiger partial charge in [-0.3, -0.25) is 0 Å². The molecule has 21 heavy (non-hydrogen) atoms. The van der Waals surface area contributed by atoms with Crippen LogP contribution in [0.3, 0.4) is 0 Å². The molecule has 2 rings (SSSR count). The summed E-state index contributed by atoms with van der Waals surface area (Å²) in [5, 5.41) is 0.236. The van der Waals surface area contributed by atoms with Gasteiger partial charge in [0.1, 0.15) is 0 Å². The first-order valence-corrected chi connectivity index (χ1v) is 7.00. The Morgan fingerprint density at radius 2 is 1.76 bits per heavy atom. The number of halogens is 1. The number of anilines is 1. The van der Waals surface area contributed by atoms with E-state index in [9.17, 15) is 4.79 Å². The van der Waals surface area contributed by atoms with Crippen LogP contribution < -0.4 is 11.2 Å². The quantitative estimate of drug-likeness (QED) is 0.514. The fourth-order valence-electron chi connectivity index (χ4n) is 2.05. The predicted molar refractivity (Wildman–Crippen MR) is 82.9 cm³/mol. The molecule has 1 aromatic rings. The molecule has 0 saturated carbocycles. The Kier molecular flexibility index (Phi) is 3.99. The van der Waals surface area contributed by atoms with Gasteiger partial charge in [0.2, 0.25) is 0 Å². The molecule has 0 atom stereocenters. The van der Waals surface area contributed by atoms with Gasteiger partial charge in [-0.1, -0.05) is 11.6 Å². The minimum atomic E-state index is -0.657. The van der Waals surface area contributed by atoms with E-state index < -0.39 is 24.3 Å². The highest BCUT2D eigenvalue weighted by atomic mass is 35.5. The maximum absolute atomic E-state index is 11.7. The van der Waals surface area contributed by atoms with Crippen molar-refractivity contribution in [2.24, 2.45) is 0 Å². The maximum Gasteiger partial charge on any atom is 0.496 e. The number of methoxy groups -OCH3 is 1. The smallest absolute Gasteiger partial charge is 0.465 e. The molecular formula is C14H19BClNO4. The summed E-state index contributed by atoms with van der Waals surface area (Å²) in [7, 11) is 0.638. The third-order valence-corrected chi connectivity index (χ3v) is 4.40. The zero-order valence-electron chi connectivity index (χ0n) is 12.8. The molecule has 0 radical (unpaired) electrons. The molecule has 0 amide bonds. The summed E-state index contributed by atoms with van der Waals surface area (Å²) in [4.78, 5) is 11.7. The molecule has 0 aliphatic carbocycles. The largest absolute Gasteiger partial charge is 0.496 e. The first kappa shape index (κ1) is 16.1.